The molecule has 0 fully saturated rings. The van der Waals surface area contributed by atoms with E-state index in [1.807, 2.05) is 13.0 Å². The van der Waals surface area contributed by atoms with E-state index in [2.05, 4.69) is 47.9 Å². The summed E-state index contributed by atoms with van der Waals surface area (Å²) in [7, 11) is 0. The van der Waals surface area contributed by atoms with Crippen LogP contribution in [0.3, 0.4) is 0 Å². The number of rotatable bonds is 6. The molecule has 0 spiro atoms. The number of nitrogens with zero attached hydrogens (tertiary/aromatic N) is 3. The molecule has 17 heavy (non-hydrogen) atoms. The van der Waals surface area contributed by atoms with Gasteiger partial charge in [0.05, 0.1) is 0 Å². The SMILES string of the molecule is CCNc1cc(N(CC)C(C)CC)nc(C)n1. The Bertz CT molecular complexity index is 351. The number of aromatic nitrogens is 2. The van der Waals surface area contributed by atoms with Crippen molar-refractivity contribution in [3.8, 4) is 0 Å². The Labute approximate surface area is 104 Å². The third-order valence-electron chi connectivity index (χ3n) is 2.94. The Kier molecular flexibility index (Phi) is 5.19. The van der Waals surface area contributed by atoms with Crippen molar-refractivity contribution in [2.75, 3.05) is 23.3 Å². The molecule has 0 saturated carbocycles. The first kappa shape index (κ1) is 13.7. The maximum absolute atomic E-state index is 4.53. The molecule has 0 aromatic carbocycles. The molecule has 0 bridgehead atoms. The minimum Gasteiger partial charge on any atom is -0.370 e. The lowest BCUT2D eigenvalue weighted by Gasteiger charge is -2.28. The fourth-order valence-corrected chi connectivity index (χ4v) is 1.89. The minimum absolute atomic E-state index is 0.503. The van der Waals surface area contributed by atoms with Crippen molar-refractivity contribution >= 4 is 11.6 Å². The highest BCUT2D eigenvalue weighted by Crippen LogP contribution is 2.19. The third-order valence-corrected chi connectivity index (χ3v) is 2.94. The lowest BCUT2D eigenvalue weighted by Crippen LogP contribution is -2.33. The zero-order chi connectivity index (χ0) is 12.8. The number of hydrogen-bond acceptors (Lipinski definition) is 4. The van der Waals surface area contributed by atoms with E-state index in [-0.39, 0.29) is 0 Å². The van der Waals surface area contributed by atoms with Crippen LogP contribution in [0.2, 0.25) is 0 Å². The van der Waals surface area contributed by atoms with Gasteiger partial charge in [-0.25, -0.2) is 9.97 Å². The second kappa shape index (κ2) is 6.42. The van der Waals surface area contributed by atoms with E-state index >= 15 is 0 Å². The topological polar surface area (TPSA) is 41.0 Å². The summed E-state index contributed by atoms with van der Waals surface area (Å²) in [6.45, 7) is 12.5. The molecule has 1 heterocycles. The molecule has 1 aromatic heterocycles. The van der Waals surface area contributed by atoms with Crippen LogP contribution in [0.25, 0.3) is 0 Å². The van der Waals surface area contributed by atoms with Crippen LogP contribution in [0.5, 0.6) is 0 Å². The van der Waals surface area contributed by atoms with Crippen LogP contribution in [-0.2, 0) is 0 Å². The van der Waals surface area contributed by atoms with E-state index in [9.17, 15) is 0 Å². The van der Waals surface area contributed by atoms with E-state index in [4.69, 9.17) is 0 Å². The van der Waals surface area contributed by atoms with Crippen LogP contribution in [0, 0.1) is 6.92 Å². The standard InChI is InChI=1S/C13H24N4/c1-6-10(4)17(8-3)13-9-12(14-7-2)15-11(5)16-13/h9-10H,6-8H2,1-5H3,(H,14,15,16). The Hall–Kier alpha value is -1.32. The monoisotopic (exact) mass is 236 g/mol. The van der Waals surface area contributed by atoms with Gasteiger partial charge < -0.3 is 10.2 Å². The predicted octanol–water partition coefficient (Wildman–Crippen LogP) is 2.84. The second-order valence-corrected chi connectivity index (χ2v) is 4.23. The highest BCUT2D eigenvalue weighted by molar-refractivity contribution is 5.49. The first-order valence-corrected chi connectivity index (χ1v) is 6.48. The predicted molar refractivity (Wildman–Crippen MR) is 73.7 cm³/mol. The van der Waals surface area contributed by atoms with Crippen molar-refractivity contribution in [2.45, 2.75) is 47.1 Å². The average molecular weight is 236 g/mol. The molecule has 4 heteroatoms. The van der Waals surface area contributed by atoms with Gasteiger partial charge in [-0.3, -0.25) is 0 Å². The van der Waals surface area contributed by atoms with Crippen LogP contribution in [-0.4, -0.2) is 29.1 Å². The average Bonchev–Trinajstić information content (AvgIpc) is 2.29. The molecule has 1 atom stereocenters. The van der Waals surface area contributed by atoms with Crippen molar-refractivity contribution in [1.29, 1.82) is 0 Å². The zero-order valence-corrected chi connectivity index (χ0v) is 11.6. The van der Waals surface area contributed by atoms with E-state index in [0.717, 1.165) is 37.0 Å². The van der Waals surface area contributed by atoms with Gasteiger partial charge in [0.15, 0.2) is 0 Å². The van der Waals surface area contributed by atoms with Crippen molar-refractivity contribution in [1.82, 2.24) is 9.97 Å². The molecule has 1 rings (SSSR count). The summed E-state index contributed by atoms with van der Waals surface area (Å²) in [5, 5.41) is 3.25. The van der Waals surface area contributed by atoms with E-state index in [0.29, 0.717) is 6.04 Å². The molecule has 0 saturated heterocycles. The lowest BCUT2D eigenvalue weighted by molar-refractivity contribution is 0.621. The second-order valence-electron chi connectivity index (χ2n) is 4.23. The Morgan fingerprint density at radius 1 is 1.29 bits per heavy atom. The van der Waals surface area contributed by atoms with Gasteiger partial charge in [-0.05, 0) is 34.1 Å². The van der Waals surface area contributed by atoms with Crippen molar-refractivity contribution in [3.05, 3.63) is 11.9 Å². The van der Waals surface area contributed by atoms with Crippen molar-refractivity contribution in [3.63, 3.8) is 0 Å². The smallest absolute Gasteiger partial charge is 0.134 e. The molecular weight excluding hydrogens is 212 g/mol. The van der Waals surface area contributed by atoms with Gasteiger partial charge in [0.25, 0.3) is 0 Å². The van der Waals surface area contributed by atoms with Crippen LogP contribution in [0.1, 0.15) is 39.9 Å². The largest absolute Gasteiger partial charge is 0.370 e. The zero-order valence-electron chi connectivity index (χ0n) is 11.6. The molecule has 0 aliphatic rings. The number of aryl methyl sites for hydroxylation is 1. The number of hydrogen-bond donors (Lipinski definition) is 1. The van der Waals surface area contributed by atoms with Crippen molar-refractivity contribution < 1.29 is 0 Å². The van der Waals surface area contributed by atoms with Gasteiger partial charge >= 0.3 is 0 Å². The van der Waals surface area contributed by atoms with Gasteiger partial charge in [0.1, 0.15) is 17.5 Å². The fourth-order valence-electron chi connectivity index (χ4n) is 1.89. The molecule has 0 aliphatic carbocycles. The minimum atomic E-state index is 0.503. The maximum Gasteiger partial charge on any atom is 0.134 e. The summed E-state index contributed by atoms with van der Waals surface area (Å²) in [6.07, 6.45) is 1.12. The van der Waals surface area contributed by atoms with Crippen LogP contribution in [0.15, 0.2) is 6.07 Å². The molecule has 4 nitrogen and oxygen atoms in total. The summed E-state index contributed by atoms with van der Waals surface area (Å²) in [6, 6.07) is 2.54. The Balaban J connectivity index is 3.01. The first-order valence-electron chi connectivity index (χ1n) is 6.48. The van der Waals surface area contributed by atoms with E-state index < -0.39 is 0 Å². The summed E-state index contributed by atoms with van der Waals surface area (Å²) >= 11 is 0. The molecular formula is C13H24N4. The van der Waals surface area contributed by atoms with Crippen LogP contribution >= 0.6 is 0 Å². The molecule has 1 N–H and O–H groups in total. The summed E-state index contributed by atoms with van der Waals surface area (Å²) in [5.74, 6) is 2.75. The van der Waals surface area contributed by atoms with Gasteiger partial charge in [0.2, 0.25) is 0 Å². The number of nitrogens with one attached hydrogen (secondary N) is 1. The molecule has 96 valence electrons. The number of anilines is 2. The van der Waals surface area contributed by atoms with Gasteiger partial charge in [0, 0.05) is 25.2 Å². The highest BCUT2D eigenvalue weighted by atomic mass is 15.2. The third kappa shape index (κ3) is 3.58. The maximum atomic E-state index is 4.53. The Morgan fingerprint density at radius 3 is 2.53 bits per heavy atom. The first-order chi connectivity index (χ1) is 8.12. The van der Waals surface area contributed by atoms with Crippen molar-refractivity contribution in [2.24, 2.45) is 0 Å². The summed E-state index contributed by atoms with van der Waals surface area (Å²) in [5.41, 5.74) is 0. The van der Waals surface area contributed by atoms with E-state index in [1.165, 1.54) is 0 Å². The highest BCUT2D eigenvalue weighted by Gasteiger charge is 2.13. The van der Waals surface area contributed by atoms with Crippen LogP contribution < -0.4 is 10.2 Å². The van der Waals surface area contributed by atoms with E-state index in [1.54, 1.807) is 0 Å². The summed E-state index contributed by atoms with van der Waals surface area (Å²) in [4.78, 5) is 11.2. The normalized spacial score (nSPS) is 12.3. The molecule has 1 aromatic rings. The molecule has 0 aliphatic heterocycles. The quantitative estimate of drug-likeness (QED) is 0.824. The van der Waals surface area contributed by atoms with Gasteiger partial charge in [-0.15, -0.1) is 0 Å². The molecule has 1 unspecified atom stereocenters. The van der Waals surface area contributed by atoms with Gasteiger partial charge in [-0.1, -0.05) is 6.92 Å². The molecule has 0 radical (unpaired) electrons. The summed E-state index contributed by atoms with van der Waals surface area (Å²) < 4.78 is 0. The lowest BCUT2D eigenvalue weighted by atomic mass is 10.2. The molecule has 0 amide bonds. The van der Waals surface area contributed by atoms with Gasteiger partial charge in [-0.2, -0.15) is 0 Å². The fraction of sp³-hybridized carbons (Fsp3) is 0.692. The van der Waals surface area contributed by atoms with Crippen LogP contribution in [0.4, 0.5) is 11.6 Å². The Morgan fingerprint density at radius 2 is 2.00 bits per heavy atom.